The van der Waals surface area contributed by atoms with E-state index in [1.165, 1.54) is 7.05 Å². The maximum atomic E-state index is 12.0. The van der Waals surface area contributed by atoms with Crippen LogP contribution in [0.25, 0.3) is 0 Å². The third-order valence-electron chi connectivity index (χ3n) is 2.96. The second-order valence-corrected chi connectivity index (χ2v) is 4.52. The second kappa shape index (κ2) is 7.83. The van der Waals surface area contributed by atoms with Crippen LogP contribution in [-0.4, -0.2) is 25.5 Å². The quantitative estimate of drug-likeness (QED) is 0.830. The van der Waals surface area contributed by atoms with Crippen molar-refractivity contribution in [3.63, 3.8) is 0 Å². The van der Waals surface area contributed by atoms with Crippen LogP contribution < -0.4 is 10.1 Å². The molecule has 0 spiro atoms. The van der Waals surface area contributed by atoms with Crippen LogP contribution in [0.15, 0.2) is 54.6 Å². The van der Waals surface area contributed by atoms with Crippen LogP contribution in [0.1, 0.15) is 15.9 Å². The van der Waals surface area contributed by atoms with E-state index in [1.807, 2.05) is 30.3 Å². The summed E-state index contributed by atoms with van der Waals surface area (Å²) < 4.78 is 10.6. The molecular formula is C17H17NO4. The minimum atomic E-state index is -0.590. The Kier molecular flexibility index (Phi) is 5.54. The zero-order chi connectivity index (χ0) is 15.8. The highest BCUT2D eigenvalue weighted by atomic mass is 16.5. The zero-order valence-electron chi connectivity index (χ0n) is 12.2. The fourth-order valence-electron chi connectivity index (χ4n) is 1.78. The van der Waals surface area contributed by atoms with Crippen molar-refractivity contribution in [2.45, 2.75) is 6.61 Å². The summed E-state index contributed by atoms with van der Waals surface area (Å²) in [5, 5.41) is 2.39. The molecule has 0 aliphatic rings. The third kappa shape index (κ3) is 4.34. The number of amides is 1. The van der Waals surface area contributed by atoms with Gasteiger partial charge >= 0.3 is 5.97 Å². The molecule has 0 bridgehead atoms. The molecule has 22 heavy (non-hydrogen) atoms. The van der Waals surface area contributed by atoms with Crippen molar-refractivity contribution in [3.05, 3.63) is 65.7 Å². The summed E-state index contributed by atoms with van der Waals surface area (Å²) in [6.45, 7) is 0.0307. The molecule has 0 aliphatic carbocycles. The van der Waals surface area contributed by atoms with Crippen LogP contribution in [0.4, 0.5) is 0 Å². The van der Waals surface area contributed by atoms with Gasteiger partial charge in [0.2, 0.25) is 0 Å². The number of carbonyl (C=O) groups is 2. The fraction of sp³-hybridized carbons (Fsp3) is 0.176. The number of rotatable bonds is 6. The van der Waals surface area contributed by atoms with Crippen molar-refractivity contribution in [2.24, 2.45) is 0 Å². The van der Waals surface area contributed by atoms with Gasteiger partial charge in [-0.15, -0.1) is 0 Å². The highest BCUT2D eigenvalue weighted by molar-refractivity contribution is 5.93. The Labute approximate surface area is 128 Å². The van der Waals surface area contributed by atoms with E-state index in [-0.39, 0.29) is 12.5 Å². The molecule has 2 aromatic carbocycles. The molecule has 0 aliphatic heterocycles. The molecule has 0 fully saturated rings. The van der Waals surface area contributed by atoms with Gasteiger partial charge in [0.15, 0.2) is 6.61 Å². The van der Waals surface area contributed by atoms with Crippen LogP contribution in [0.3, 0.4) is 0 Å². The lowest BCUT2D eigenvalue weighted by Gasteiger charge is -2.11. The Morgan fingerprint density at radius 1 is 1.00 bits per heavy atom. The number of hydrogen-bond donors (Lipinski definition) is 1. The number of carbonyl (C=O) groups excluding carboxylic acids is 2. The molecule has 0 saturated carbocycles. The van der Waals surface area contributed by atoms with Gasteiger partial charge in [0.05, 0.1) is 0 Å². The van der Waals surface area contributed by atoms with E-state index in [2.05, 4.69) is 5.32 Å². The number of hydrogen-bond acceptors (Lipinski definition) is 4. The van der Waals surface area contributed by atoms with Crippen LogP contribution in [-0.2, 0) is 16.1 Å². The molecule has 1 amide bonds. The summed E-state index contributed by atoms with van der Waals surface area (Å²) >= 11 is 0. The lowest BCUT2D eigenvalue weighted by molar-refractivity contribution is -0.123. The predicted octanol–water partition coefficient (Wildman–Crippen LogP) is 2.17. The van der Waals surface area contributed by atoms with E-state index in [0.717, 1.165) is 5.56 Å². The smallest absolute Gasteiger partial charge is 0.342 e. The minimum Gasteiger partial charge on any atom is -0.488 e. The number of likely N-dealkylation sites (N-methyl/N-ethyl adjacent to an activating group) is 1. The number of ether oxygens (including phenoxy) is 2. The Balaban J connectivity index is 2.03. The highest BCUT2D eigenvalue weighted by Crippen LogP contribution is 2.20. The van der Waals surface area contributed by atoms with E-state index >= 15 is 0 Å². The first-order chi connectivity index (χ1) is 10.7. The molecule has 0 radical (unpaired) electrons. The molecule has 0 aromatic heterocycles. The summed E-state index contributed by atoms with van der Waals surface area (Å²) in [6, 6.07) is 16.4. The van der Waals surface area contributed by atoms with Crippen molar-refractivity contribution in [1.82, 2.24) is 5.32 Å². The lowest BCUT2D eigenvalue weighted by Crippen LogP contribution is -2.25. The largest absolute Gasteiger partial charge is 0.488 e. The summed E-state index contributed by atoms with van der Waals surface area (Å²) in [6.07, 6.45) is 0. The van der Waals surface area contributed by atoms with Crippen molar-refractivity contribution in [3.8, 4) is 5.75 Å². The van der Waals surface area contributed by atoms with E-state index in [9.17, 15) is 9.59 Å². The lowest BCUT2D eigenvalue weighted by atomic mass is 10.2. The SMILES string of the molecule is CNC(=O)COC(=O)c1ccccc1OCc1ccccc1. The Morgan fingerprint density at radius 3 is 2.41 bits per heavy atom. The molecule has 0 saturated heterocycles. The van der Waals surface area contributed by atoms with Crippen molar-refractivity contribution in [1.29, 1.82) is 0 Å². The Morgan fingerprint density at radius 2 is 1.68 bits per heavy atom. The van der Waals surface area contributed by atoms with E-state index in [1.54, 1.807) is 24.3 Å². The number of nitrogens with one attached hydrogen (secondary N) is 1. The van der Waals surface area contributed by atoms with Crippen LogP contribution in [0.5, 0.6) is 5.75 Å². The normalized spacial score (nSPS) is 9.86. The fourth-order valence-corrected chi connectivity index (χ4v) is 1.78. The molecule has 2 aromatic rings. The maximum Gasteiger partial charge on any atom is 0.342 e. The highest BCUT2D eigenvalue weighted by Gasteiger charge is 2.14. The van der Waals surface area contributed by atoms with E-state index in [4.69, 9.17) is 9.47 Å². The molecule has 2 rings (SSSR count). The first kappa shape index (κ1) is 15.6. The van der Waals surface area contributed by atoms with Gasteiger partial charge in [0.1, 0.15) is 17.9 Å². The van der Waals surface area contributed by atoms with Gasteiger partial charge < -0.3 is 14.8 Å². The van der Waals surface area contributed by atoms with Crippen LogP contribution in [0.2, 0.25) is 0 Å². The average molecular weight is 299 g/mol. The van der Waals surface area contributed by atoms with Crippen molar-refractivity contribution in [2.75, 3.05) is 13.7 Å². The van der Waals surface area contributed by atoms with Crippen molar-refractivity contribution < 1.29 is 19.1 Å². The molecule has 5 heteroatoms. The standard InChI is InChI=1S/C17H17NO4/c1-18-16(19)12-22-17(20)14-9-5-6-10-15(14)21-11-13-7-3-2-4-8-13/h2-10H,11-12H2,1H3,(H,18,19). The van der Waals surface area contributed by atoms with Gasteiger partial charge in [0.25, 0.3) is 5.91 Å². The summed E-state index contributed by atoms with van der Waals surface area (Å²) in [5.41, 5.74) is 1.29. The number of para-hydroxylation sites is 1. The number of benzene rings is 2. The predicted molar refractivity (Wildman–Crippen MR) is 81.6 cm³/mol. The second-order valence-electron chi connectivity index (χ2n) is 4.52. The first-order valence-electron chi connectivity index (χ1n) is 6.84. The zero-order valence-corrected chi connectivity index (χ0v) is 12.2. The minimum absolute atomic E-state index is 0.294. The molecule has 0 heterocycles. The molecule has 0 atom stereocenters. The Hall–Kier alpha value is -2.82. The summed E-state index contributed by atoms with van der Waals surface area (Å²) in [4.78, 5) is 23.1. The summed E-state index contributed by atoms with van der Waals surface area (Å²) in [5.74, 6) is -0.531. The first-order valence-corrected chi connectivity index (χ1v) is 6.84. The molecule has 1 N–H and O–H groups in total. The van der Waals surface area contributed by atoms with Gasteiger partial charge in [-0.2, -0.15) is 0 Å². The maximum absolute atomic E-state index is 12.0. The van der Waals surface area contributed by atoms with Crippen molar-refractivity contribution >= 4 is 11.9 Å². The molecule has 5 nitrogen and oxygen atoms in total. The topological polar surface area (TPSA) is 64.6 Å². The summed E-state index contributed by atoms with van der Waals surface area (Å²) in [7, 11) is 1.48. The molecular weight excluding hydrogens is 282 g/mol. The van der Waals surface area contributed by atoms with Gasteiger partial charge in [-0.05, 0) is 17.7 Å². The van der Waals surface area contributed by atoms with Gasteiger partial charge in [-0.1, -0.05) is 42.5 Å². The van der Waals surface area contributed by atoms with E-state index < -0.39 is 5.97 Å². The number of esters is 1. The average Bonchev–Trinajstić information content (AvgIpc) is 2.58. The molecule has 0 unspecified atom stereocenters. The molecule has 114 valence electrons. The van der Waals surface area contributed by atoms with Gasteiger partial charge in [0, 0.05) is 7.05 Å². The van der Waals surface area contributed by atoms with E-state index in [0.29, 0.717) is 17.9 Å². The van der Waals surface area contributed by atoms with Crippen LogP contribution >= 0.6 is 0 Å². The Bertz CT molecular complexity index is 640. The monoisotopic (exact) mass is 299 g/mol. The van der Waals surface area contributed by atoms with Gasteiger partial charge in [-0.3, -0.25) is 4.79 Å². The van der Waals surface area contributed by atoms with Gasteiger partial charge in [-0.25, -0.2) is 4.79 Å². The van der Waals surface area contributed by atoms with Crippen LogP contribution in [0, 0.1) is 0 Å². The third-order valence-corrected chi connectivity index (χ3v) is 2.96.